The summed E-state index contributed by atoms with van der Waals surface area (Å²) in [4.78, 5) is 11.9. The van der Waals surface area contributed by atoms with Crippen LogP contribution in [0.3, 0.4) is 0 Å². The number of aromatic hydroxyl groups is 1. The summed E-state index contributed by atoms with van der Waals surface area (Å²) >= 11 is 0. The van der Waals surface area contributed by atoms with Gasteiger partial charge in [-0.25, -0.2) is 0 Å². The highest BCUT2D eigenvalue weighted by Crippen LogP contribution is 2.26. The van der Waals surface area contributed by atoms with E-state index in [1.165, 1.54) is 19.2 Å². The lowest BCUT2D eigenvalue weighted by Crippen LogP contribution is -2.20. The van der Waals surface area contributed by atoms with E-state index >= 15 is 0 Å². The Kier molecular flexibility index (Phi) is 4.31. The monoisotopic (exact) mass is 224 g/mol. The van der Waals surface area contributed by atoms with Crippen molar-refractivity contribution < 1.29 is 19.4 Å². The first-order valence-corrected chi connectivity index (χ1v) is 5.13. The summed E-state index contributed by atoms with van der Waals surface area (Å²) in [7, 11) is 1.44. The van der Waals surface area contributed by atoms with Crippen molar-refractivity contribution in [3.8, 4) is 11.5 Å². The van der Waals surface area contributed by atoms with Crippen molar-refractivity contribution in [2.45, 2.75) is 20.0 Å². The molecule has 0 amide bonds. The Morgan fingerprint density at radius 3 is 2.75 bits per heavy atom. The van der Waals surface area contributed by atoms with Gasteiger partial charge < -0.3 is 14.6 Å². The van der Waals surface area contributed by atoms with E-state index in [2.05, 4.69) is 0 Å². The van der Waals surface area contributed by atoms with E-state index in [1.807, 2.05) is 6.92 Å². The Hall–Kier alpha value is -1.55. The fourth-order valence-corrected chi connectivity index (χ4v) is 1.39. The van der Waals surface area contributed by atoms with Crippen molar-refractivity contribution in [1.82, 2.24) is 0 Å². The highest BCUT2D eigenvalue weighted by molar-refractivity contribution is 5.99. The summed E-state index contributed by atoms with van der Waals surface area (Å²) in [6, 6.07) is 4.49. The van der Waals surface area contributed by atoms with Gasteiger partial charge in [0.25, 0.3) is 0 Å². The Morgan fingerprint density at radius 1 is 1.50 bits per heavy atom. The predicted octanol–water partition coefficient (Wildman–Crippen LogP) is 2.01. The normalized spacial score (nSPS) is 12.2. The third-order valence-corrected chi connectivity index (χ3v) is 2.25. The molecule has 0 aromatic heterocycles. The zero-order valence-corrected chi connectivity index (χ0v) is 9.69. The molecule has 0 saturated heterocycles. The van der Waals surface area contributed by atoms with Crippen LogP contribution in [0, 0.1) is 0 Å². The molecule has 1 aromatic rings. The summed E-state index contributed by atoms with van der Waals surface area (Å²) in [6.07, 6.45) is -0.487. The smallest absolute Gasteiger partial charge is 0.191 e. The molecule has 16 heavy (non-hydrogen) atoms. The molecule has 4 heteroatoms. The largest absolute Gasteiger partial charge is 0.504 e. The minimum atomic E-state index is -0.487. The molecule has 0 fully saturated rings. The van der Waals surface area contributed by atoms with E-state index in [9.17, 15) is 9.90 Å². The van der Waals surface area contributed by atoms with E-state index in [1.54, 1.807) is 13.0 Å². The van der Waals surface area contributed by atoms with Gasteiger partial charge in [-0.3, -0.25) is 4.79 Å². The van der Waals surface area contributed by atoms with Gasteiger partial charge in [-0.05, 0) is 32.0 Å². The number of benzene rings is 1. The number of ether oxygens (including phenoxy) is 2. The second-order valence-electron chi connectivity index (χ2n) is 3.35. The zero-order chi connectivity index (χ0) is 12.1. The number of hydrogen-bond acceptors (Lipinski definition) is 4. The van der Waals surface area contributed by atoms with Crippen molar-refractivity contribution in [1.29, 1.82) is 0 Å². The van der Waals surface area contributed by atoms with Gasteiger partial charge in [0.05, 0.1) is 7.11 Å². The summed E-state index contributed by atoms with van der Waals surface area (Å²) in [5.41, 5.74) is 0.468. The van der Waals surface area contributed by atoms with Crippen LogP contribution < -0.4 is 4.74 Å². The van der Waals surface area contributed by atoms with Crippen LogP contribution in [0.5, 0.6) is 11.5 Å². The lowest BCUT2D eigenvalue weighted by atomic mass is 10.1. The van der Waals surface area contributed by atoms with Gasteiger partial charge >= 0.3 is 0 Å². The SMILES string of the molecule is CCO[C@@H](C)C(=O)c1ccc(O)c(OC)c1. The number of phenolic OH excluding ortho intramolecular Hbond substituents is 1. The highest BCUT2D eigenvalue weighted by atomic mass is 16.5. The molecule has 0 radical (unpaired) electrons. The first-order valence-electron chi connectivity index (χ1n) is 5.13. The van der Waals surface area contributed by atoms with Gasteiger partial charge in [0.2, 0.25) is 0 Å². The number of ketones is 1. The number of phenols is 1. The molecule has 0 unspecified atom stereocenters. The van der Waals surface area contributed by atoms with Crippen LogP contribution in [0.4, 0.5) is 0 Å². The molecule has 0 heterocycles. The minimum Gasteiger partial charge on any atom is -0.504 e. The van der Waals surface area contributed by atoms with Gasteiger partial charge in [0, 0.05) is 12.2 Å². The van der Waals surface area contributed by atoms with Crippen LogP contribution in [-0.2, 0) is 4.74 Å². The first kappa shape index (κ1) is 12.5. The van der Waals surface area contributed by atoms with Crippen LogP contribution in [0.1, 0.15) is 24.2 Å². The number of Topliss-reactive ketones (excluding diaryl/α,β-unsaturated/α-hetero) is 1. The van der Waals surface area contributed by atoms with E-state index in [0.29, 0.717) is 12.2 Å². The molecule has 1 aromatic carbocycles. The lowest BCUT2D eigenvalue weighted by Gasteiger charge is -2.11. The second-order valence-corrected chi connectivity index (χ2v) is 3.35. The molecule has 1 N–H and O–H groups in total. The summed E-state index contributed by atoms with van der Waals surface area (Å²) in [5.74, 6) is 0.179. The molecule has 4 nitrogen and oxygen atoms in total. The molecule has 88 valence electrons. The third-order valence-electron chi connectivity index (χ3n) is 2.25. The molecular weight excluding hydrogens is 208 g/mol. The van der Waals surface area contributed by atoms with Crippen molar-refractivity contribution in [2.24, 2.45) is 0 Å². The third kappa shape index (κ3) is 2.73. The van der Waals surface area contributed by atoms with Gasteiger partial charge in [-0.2, -0.15) is 0 Å². The maximum atomic E-state index is 11.9. The number of rotatable bonds is 5. The van der Waals surface area contributed by atoms with E-state index in [-0.39, 0.29) is 17.3 Å². The fourth-order valence-electron chi connectivity index (χ4n) is 1.39. The lowest BCUT2D eigenvalue weighted by molar-refractivity contribution is 0.0520. The molecule has 0 aliphatic heterocycles. The fraction of sp³-hybridized carbons (Fsp3) is 0.417. The second kappa shape index (κ2) is 5.51. The average molecular weight is 224 g/mol. The van der Waals surface area contributed by atoms with Crippen LogP contribution in [0.2, 0.25) is 0 Å². The van der Waals surface area contributed by atoms with E-state index in [4.69, 9.17) is 9.47 Å². The Labute approximate surface area is 94.8 Å². The predicted molar refractivity (Wildman–Crippen MR) is 60.1 cm³/mol. The molecular formula is C12H16O4. The standard InChI is InChI=1S/C12H16O4/c1-4-16-8(2)12(14)9-5-6-10(13)11(7-9)15-3/h5-8,13H,4H2,1-3H3/t8-/m0/s1. The topological polar surface area (TPSA) is 55.8 Å². The molecule has 0 aliphatic rings. The van der Waals surface area contributed by atoms with Gasteiger partial charge in [0.1, 0.15) is 6.10 Å². The number of hydrogen-bond donors (Lipinski definition) is 1. The molecule has 0 spiro atoms. The highest BCUT2D eigenvalue weighted by Gasteiger charge is 2.16. The van der Waals surface area contributed by atoms with Crippen LogP contribution in [0.15, 0.2) is 18.2 Å². The minimum absolute atomic E-state index is 0.0168. The van der Waals surface area contributed by atoms with Crippen molar-refractivity contribution in [3.63, 3.8) is 0 Å². The molecule has 1 rings (SSSR count). The molecule has 0 bridgehead atoms. The van der Waals surface area contributed by atoms with Crippen molar-refractivity contribution in [3.05, 3.63) is 23.8 Å². The molecule has 0 aliphatic carbocycles. The Balaban J connectivity index is 2.92. The van der Waals surface area contributed by atoms with Gasteiger partial charge in [-0.1, -0.05) is 0 Å². The summed E-state index contributed by atoms with van der Waals surface area (Å²) in [6.45, 7) is 4.02. The van der Waals surface area contributed by atoms with E-state index < -0.39 is 6.10 Å². The number of methoxy groups -OCH3 is 1. The molecule has 1 atom stereocenters. The molecule has 0 saturated carbocycles. The maximum absolute atomic E-state index is 11.9. The summed E-state index contributed by atoms with van der Waals surface area (Å²) in [5, 5.41) is 9.39. The summed E-state index contributed by atoms with van der Waals surface area (Å²) < 4.78 is 10.1. The Bertz CT molecular complexity index is 373. The van der Waals surface area contributed by atoms with Crippen LogP contribution in [0.25, 0.3) is 0 Å². The van der Waals surface area contributed by atoms with Crippen molar-refractivity contribution >= 4 is 5.78 Å². The van der Waals surface area contributed by atoms with Crippen molar-refractivity contribution in [2.75, 3.05) is 13.7 Å². The first-order chi connectivity index (χ1) is 7.60. The van der Waals surface area contributed by atoms with E-state index in [0.717, 1.165) is 0 Å². The maximum Gasteiger partial charge on any atom is 0.191 e. The quantitative estimate of drug-likeness (QED) is 0.777. The van der Waals surface area contributed by atoms with Gasteiger partial charge in [-0.15, -0.1) is 0 Å². The van der Waals surface area contributed by atoms with Crippen LogP contribution in [-0.4, -0.2) is 30.7 Å². The number of carbonyl (C=O) groups is 1. The van der Waals surface area contributed by atoms with Crippen LogP contribution >= 0.6 is 0 Å². The average Bonchev–Trinajstić information content (AvgIpc) is 2.29. The number of carbonyl (C=O) groups excluding carboxylic acids is 1. The van der Waals surface area contributed by atoms with Gasteiger partial charge in [0.15, 0.2) is 17.3 Å². The zero-order valence-electron chi connectivity index (χ0n) is 9.69. The Morgan fingerprint density at radius 2 is 2.19 bits per heavy atom.